The van der Waals surface area contributed by atoms with Crippen molar-refractivity contribution in [2.45, 2.75) is 13.3 Å². The Hall–Kier alpha value is -0.850. The topological polar surface area (TPSA) is 70.7 Å². The van der Waals surface area contributed by atoms with Crippen LogP contribution in [0.15, 0.2) is 0 Å². The minimum Gasteiger partial charge on any atom is -0.385 e. The quantitative estimate of drug-likeness (QED) is 0.582. The lowest BCUT2D eigenvalue weighted by Gasteiger charge is -2.20. The second-order valence-corrected chi connectivity index (χ2v) is 4.35. The second-order valence-electron chi connectivity index (χ2n) is 4.35. The van der Waals surface area contributed by atoms with Crippen LogP contribution >= 0.6 is 12.4 Å². The Morgan fingerprint density at radius 2 is 2.00 bits per heavy atom. The molecule has 0 aliphatic heterocycles. The molecular weight excluding hydrogens is 270 g/mol. The van der Waals surface area contributed by atoms with E-state index in [1.807, 2.05) is 6.92 Å². The number of hydrogen-bond acceptors (Lipinski definition) is 4. The van der Waals surface area contributed by atoms with E-state index in [0.29, 0.717) is 19.7 Å². The van der Waals surface area contributed by atoms with Gasteiger partial charge in [0.05, 0.1) is 6.54 Å². The molecule has 0 aromatic rings. The third-order valence-corrected chi connectivity index (χ3v) is 2.54. The van der Waals surface area contributed by atoms with Crippen molar-refractivity contribution in [1.29, 1.82) is 0 Å². The Labute approximate surface area is 121 Å². The third-order valence-electron chi connectivity index (χ3n) is 2.54. The van der Waals surface area contributed by atoms with E-state index in [2.05, 4.69) is 10.6 Å². The van der Waals surface area contributed by atoms with Crippen molar-refractivity contribution in [3.8, 4) is 0 Å². The number of carbonyl (C=O) groups is 2. The highest BCUT2D eigenvalue weighted by atomic mass is 35.5. The van der Waals surface area contributed by atoms with Gasteiger partial charge in [-0.1, -0.05) is 6.92 Å². The first-order chi connectivity index (χ1) is 8.52. The van der Waals surface area contributed by atoms with E-state index < -0.39 is 0 Å². The summed E-state index contributed by atoms with van der Waals surface area (Å²) in [6.45, 7) is 3.74. The highest BCUT2D eigenvalue weighted by molar-refractivity contribution is 5.85. The first-order valence-electron chi connectivity index (χ1n) is 6.18. The van der Waals surface area contributed by atoms with Gasteiger partial charge < -0.3 is 20.3 Å². The summed E-state index contributed by atoms with van der Waals surface area (Å²) >= 11 is 0. The number of likely N-dealkylation sites (N-methyl/N-ethyl adjacent to an activating group) is 1. The number of rotatable bonds is 9. The maximum absolute atomic E-state index is 11.8. The Bertz CT molecular complexity index is 265. The molecule has 0 aromatic heterocycles. The largest absolute Gasteiger partial charge is 0.385 e. The van der Waals surface area contributed by atoms with Crippen LogP contribution < -0.4 is 10.6 Å². The van der Waals surface area contributed by atoms with E-state index in [1.54, 1.807) is 21.2 Å². The fraction of sp³-hybridized carbons (Fsp3) is 0.833. The smallest absolute Gasteiger partial charge is 0.239 e. The van der Waals surface area contributed by atoms with E-state index in [-0.39, 0.29) is 36.7 Å². The van der Waals surface area contributed by atoms with Crippen LogP contribution in [0.25, 0.3) is 0 Å². The normalized spacial score (nSPS) is 11.4. The summed E-state index contributed by atoms with van der Waals surface area (Å²) in [6.07, 6.45) is 0.774. The lowest BCUT2D eigenvalue weighted by atomic mass is 10.1. The highest BCUT2D eigenvalue weighted by Gasteiger charge is 2.18. The summed E-state index contributed by atoms with van der Waals surface area (Å²) in [5.74, 6) is -0.295. The van der Waals surface area contributed by atoms with Crippen LogP contribution in [-0.2, 0) is 14.3 Å². The van der Waals surface area contributed by atoms with Crippen LogP contribution in [0, 0.1) is 5.92 Å². The van der Waals surface area contributed by atoms with Gasteiger partial charge in [0.2, 0.25) is 11.8 Å². The second kappa shape index (κ2) is 12.2. The molecule has 0 saturated heterocycles. The number of hydrogen-bond donors (Lipinski definition) is 2. The summed E-state index contributed by atoms with van der Waals surface area (Å²) in [7, 11) is 5.06. The fourth-order valence-electron chi connectivity index (χ4n) is 1.56. The number of halogens is 1. The molecule has 1 unspecified atom stereocenters. The van der Waals surface area contributed by atoms with Gasteiger partial charge in [0, 0.05) is 39.8 Å². The molecule has 0 aromatic carbocycles. The summed E-state index contributed by atoms with van der Waals surface area (Å²) in [4.78, 5) is 24.8. The molecule has 0 saturated carbocycles. The minimum absolute atomic E-state index is 0. The number of amides is 2. The SMILES string of the molecule is CNCC(C)C(=O)N(C)CC(=O)NCCCOC.Cl. The molecule has 0 aliphatic rings. The number of carbonyl (C=O) groups excluding carboxylic acids is 2. The molecule has 19 heavy (non-hydrogen) atoms. The summed E-state index contributed by atoms with van der Waals surface area (Å²) in [6, 6.07) is 0. The zero-order valence-corrected chi connectivity index (χ0v) is 13.0. The van der Waals surface area contributed by atoms with Gasteiger partial charge in [0.15, 0.2) is 0 Å². The van der Waals surface area contributed by atoms with Crippen molar-refractivity contribution < 1.29 is 14.3 Å². The minimum atomic E-state index is -0.140. The summed E-state index contributed by atoms with van der Waals surface area (Å²) in [5, 5.41) is 5.69. The first-order valence-corrected chi connectivity index (χ1v) is 6.18. The summed E-state index contributed by atoms with van der Waals surface area (Å²) < 4.78 is 4.88. The number of ether oxygens (including phenoxy) is 1. The Morgan fingerprint density at radius 3 is 2.53 bits per heavy atom. The van der Waals surface area contributed by atoms with Gasteiger partial charge in [0.25, 0.3) is 0 Å². The van der Waals surface area contributed by atoms with Crippen molar-refractivity contribution in [2.24, 2.45) is 5.92 Å². The van der Waals surface area contributed by atoms with Crippen molar-refractivity contribution in [2.75, 3.05) is 47.4 Å². The predicted molar refractivity (Wildman–Crippen MR) is 77.5 cm³/mol. The predicted octanol–water partition coefficient (Wildman–Crippen LogP) is -0.125. The Morgan fingerprint density at radius 1 is 1.37 bits per heavy atom. The number of methoxy groups -OCH3 is 1. The van der Waals surface area contributed by atoms with E-state index in [4.69, 9.17) is 4.74 Å². The van der Waals surface area contributed by atoms with Crippen molar-refractivity contribution in [3.05, 3.63) is 0 Å². The Kier molecular flexibility index (Phi) is 13.1. The molecule has 2 N–H and O–H groups in total. The van der Waals surface area contributed by atoms with Crippen molar-refractivity contribution in [1.82, 2.24) is 15.5 Å². The lowest BCUT2D eigenvalue weighted by molar-refractivity contribution is -0.137. The molecule has 6 nitrogen and oxygen atoms in total. The number of nitrogens with one attached hydrogen (secondary N) is 2. The van der Waals surface area contributed by atoms with Gasteiger partial charge in [0.1, 0.15) is 0 Å². The zero-order valence-electron chi connectivity index (χ0n) is 12.2. The standard InChI is InChI=1S/C12H25N3O3.ClH/c1-10(8-13-2)12(17)15(3)9-11(16)14-6-5-7-18-4;/h10,13H,5-9H2,1-4H3,(H,14,16);1H. The molecule has 7 heteroatoms. The average molecular weight is 296 g/mol. The van der Waals surface area contributed by atoms with Crippen LogP contribution in [0.5, 0.6) is 0 Å². The van der Waals surface area contributed by atoms with E-state index in [0.717, 1.165) is 6.42 Å². The third kappa shape index (κ3) is 9.69. The molecule has 0 rings (SSSR count). The van der Waals surface area contributed by atoms with Crippen LogP contribution in [0.3, 0.4) is 0 Å². The van der Waals surface area contributed by atoms with Crippen LogP contribution in [0.2, 0.25) is 0 Å². The Balaban J connectivity index is 0. The molecule has 0 spiro atoms. The molecule has 0 aliphatic carbocycles. The maximum Gasteiger partial charge on any atom is 0.239 e. The van der Waals surface area contributed by atoms with Crippen LogP contribution in [0.1, 0.15) is 13.3 Å². The first kappa shape index (κ1) is 20.5. The average Bonchev–Trinajstić information content (AvgIpc) is 2.34. The molecule has 1 atom stereocenters. The van der Waals surface area contributed by atoms with E-state index in [9.17, 15) is 9.59 Å². The van der Waals surface area contributed by atoms with Gasteiger partial charge in [-0.3, -0.25) is 9.59 Å². The zero-order chi connectivity index (χ0) is 14.0. The molecule has 2 amide bonds. The lowest BCUT2D eigenvalue weighted by Crippen LogP contribution is -2.42. The van der Waals surface area contributed by atoms with Crippen molar-refractivity contribution in [3.63, 3.8) is 0 Å². The monoisotopic (exact) mass is 295 g/mol. The number of nitrogens with zero attached hydrogens (tertiary/aromatic N) is 1. The van der Waals surface area contributed by atoms with E-state index in [1.165, 1.54) is 4.90 Å². The van der Waals surface area contributed by atoms with E-state index >= 15 is 0 Å². The molecule has 0 radical (unpaired) electrons. The summed E-state index contributed by atoms with van der Waals surface area (Å²) in [5.41, 5.74) is 0. The van der Waals surface area contributed by atoms with Crippen LogP contribution in [0.4, 0.5) is 0 Å². The highest BCUT2D eigenvalue weighted by Crippen LogP contribution is 1.98. The van der Waals surface area contributed by atoms with Gasteiger partial charge in [-0.05, 0) is 13.5 Å². The van der Waals surface area contributed by atoms with Gasteiger partial charge in [-0.15, -0.1) is 12.4 Å². The molecule has 114 valence electrons. The molecule has 0 heterocycles. The van der Waals surface area contributed by atoms with Crippen molar-refractivity contribution >= 4 is 24.2 Å². The van der Waals surface area contributed by atoms with Crippen LogP contribution in [-0.4, -0.2) is 64.2 Å². The maximum atomic E-state index is 11.8. The van der Waals surface area contributed by atoms with Gasteiger partial charge in [-0.2, -0.15) is 0 Å². The molecule has 0 fully saturated rings. The van der Waals surface area contributed by atoms with Gasteiger partial charge >= 0.3 is 0 Å². The molecule has 0 bridgehead atoms. The van der Waals surface area contributed by atoms with Gasteiger partial charge in [-0.25, -0.2) is 0 Å². The molecular formula is C12H26ClN3O3. The fourth-order valence-corrected chi connectivity index (χ4v) is 1.56.